The number of nitrogens with one attached hydrogen (secondary N) is 1. The highest BCUT2D eigenvalue weighted by molar-refractivity contribution is 5.81. The van der Waals surface area contributed by atoms with Crippen LogP contribution in [-0.4, -0.2) is 18.6 Å². The molecule has 2 aromatic carbocycles. The van der Waals surface area contributed by atoms with E-state index >= 15 is 0 Å². The van der Waals surface area contributed by atoms with Crippen molar-refractivity contribution in [1.29, 1.82) is 0 Å². The molecule has 2 aromatic rings. The lowest BCUT2D eigenvalue weighted by Crippen LogP contribution is -2.39. The van der Waals surface area contributed by atoms with E-state index in [-0.39, 0.29) is 11.7 Å². The molecule has 26 heavy (non-hydrogen) atoms. The average molecular weight is 355 g/mol. The van der Waals surface area contributed by atoms with Gasteiger partial charge in [0, 0.05) is 6.54 Å². The van der Waals surface area contributed by atoms with Gasteiger partial charge in [0.1, 0.15) is 11.6 Å². The Morgan fingerprint density at radius 1 is 1.12 bits per heavy atom. The second-order valence-electron chi connectivity index (χ2n) is 6.82. The van der Waals surface area contributed by atoms with Crippen LogP contribution in [0.2, 0.25) is 0 Å². The summed E-state index contributed by atoms with van der Waals surface area (Å²) in [4.78, 5) is 12.4. The summed E-state index contributed by atoms with van der Waals surface area (Å²) in [5.41, 5.74) is 3.75. The molecular weight excluding hydrogens is 329 g/mol. The van der Waals surface area contributed by atoms with Crippen molar-refractivity contribution in [3.05, 3.63) is 65.0 Å². The Morgan fingerprint density at radius 3 is 2.58 bits per heavy atom. The van der Waals surface area contributed by atoms with Gasteiger partial charge >= 0.3 is 0 Å². The van der Waals surface area contributed by atoms with E-state index < -0.39 is 6.10 Å². The number of rotatable bonds is 7. The summed E-state index contributed by atoms with van der Waals surface area (Å²) >= 11 is 0. The Balaban J connectivity index is 1.52. The number of carbonyl (C=O) groups is 1. The second-order valence-corrected chi connectivity index (χ2v) is 6.82. The minimum absolute atomic E-state index is 0.104. The van der Waals surface area contributed by atoms with Crippen molar-refractivity contribution in [3.8, 4) is 5.75 Å². The van der Waals surface area contributed by atoms with Gasteiger partial charge in [-0.1, -0.05) is 25.1 Å². The molecule has 0 unspecified atom stereocenters. The molecular formula is C22H26FNO2. The number of hydrogen-bond acceptors (Lipinski definition) is 2. The van der Waals surface area contributed by atoms with Crippen LogP contribution in [0.25, 0.3) is 0 Å². The number of hydrogen-bond donors (Lipinski definition) is 1. The summed E-state index contributed by atoms with van der Waals surface area (Å²) in [6.45, 7) is 2.46. The molecule has 3 rings (SSSR count). The van der Waals surface area contributed by atoms with Crippen LogP contribution in [0, 0.1) is 5.82 Å². The first-order valence-corrected chi connectivity index (χ1v) is 9.46. The summed E-state index contributed by atoms with van der Waals surface area (Å²) in [6, 6.07) is 12.5. The highest BCUT2D eigenvalue weighted by atomic mass is 19.1. The SMILES string of the molecule is CC[C@H](Oc1ccc2c(c1)CCCC2)C(=O)NCCc1ccc(F)cc1. The predicted molar refractivity (Wildman–Crippen MR) is 101 cm³/mol. The second kappa shape index (κ2) is 8.84. The Morgan fingerprint density at radius 2 is 1.85 bits per heavy atom. The molecule has 1 aliphatic rings. The standard InChI is InChI=1S/C22H26FNO2/c1-2-21(22(25)24-14-13-16-7-10-19(23)11-8-16)26-20-12-9-17-5-3-4-6-18(17)15-20/h7-12,15,21H,2-6,13-14H2,1H3,(H,24,25)/t21-/m0/s1. The van der Waals surface area contributed by atoms with E-state index in [9.17, 15) is 9.18 Å². The van der Waals surface area contributed by atoms with Gasteiger partial charge in [-0.25, -0.2) is 4.39 Å². The van der Waals surface area contributed by atoms with Gasteiger partial charge in [0.05, 0.1) is 0 Å². The highest BCUT2D eigenvalue weighted by Gasteiger charge is 2.19. The van der Waals surface area contributed by atoms with Gasteiger partial charge in [0.25, 0.3) is 5.91 Å². The van der Waals surface area contributed by atoms with Gasteiger partial charge in [-0.2, -0.15) is 0 Å². The maximum absolute atomic E-state index is 12.9. The van der Waals surface area contributed by atoms with E-state index in [0.29, 0.717) is 19.4 Å². The van der Waals surface area contributed by atoms with Crippen LogP contribution < -0.4 is 10.1 Å². The van der Waals surface area contributed by atoms with E-state index in [4.69, 9.17) is 4.74 Å². The molecule has 0 fully saturated rings. The first-order chi connectivity index (χ1) is 12.7. The largest absolute Gasteiger partial charge is 0.481 e. The summed E-state index contributed by atoms with van der Waals surface area (Å²) in [5, 5.41) is 2.92. The van der Waals surface area contributed by atoms with Crippen molar-refractivity contribution in [1.82, 2.24) is 5.32 Å². The zero-order chi connectivity index (χ0) is 18.4. The van der Waals surface area contributed by atoms with Crippen LogP contribution in [0.3, 0.4) is 0 Å². The van der Waals surface area contributed by atoms with E-state index in [1.54, 1.807) is 12.1 Å². The van der Waals surface area contributed by atoms with Crippen LogP contribution >= 0.6 is 0 Å². The minimum Gasteiger partial charge on any atom is -0.481 e. The number of benzene rings is 2. The normalized spacial score (nSPS) is 14.4. The summed E-state index contributed by atoms with van der Waals surface area (Å²) in [6.07, 6.45) is 5.48. The lowest BCUT2D eigenvalue weighted by molar-refractivity contribution is -0.128. The van der Waals surface area contributed by atoms with E-state index in [0.717, 1.165) is 24.2 Å². The Hall–Kier alpha value is -2.36. The number of carbonyl (C=O) groups excluding carboxylic acids is 1. The molecule has 0 bridgehead atoms. The van der Waals surface area contributed by atoms with Gasteiger partial charge < -0.3 is 10.1 Å². The third kappa shape index (κ3) is 4.84. The van der Waals surface area contributed by atoms with Crippen molar-refractivity contribution in [2.24, 2.45) is 0 Å². The van der Waals surface area contributed by atoms with E-state index in [1.165, 1.54) is 36.1 Å². The number of amides is 1. The fraction of sp³-hybridized carbons (Fsp3) is 0.409. The van der Waals surface area contributed by atoms with Gasteiger partial charge in [-0.15, -0.1) is 0 Å². The zero-order valence-electron chi connectivity index (χ0n) is 15.3. The topological polar surface area (TPSA) is 38.3 Å². The van der Waals surface area contributed by atoms with Crippen LogP contribution in [0.1, 0.15) is 42.9 Å². The highest BCUT2D eigenvalue weighted by Crippen LogP contribution is 2.26. The smallest absolute Gasteiger partial charge is 0.261 e. The fourth-order valence-corrected chi connectivity index (χ4v) is 3.36. The molecule has 0 saturated carbocycles. The Kier molecular flexibility index (Phi) is 6.26. The first kappa shape index (κ1) is 18.4. The molecule has 0 aromatic heterocycles. The lowest BCUT2D eigenvalue weighted by Gasteiger charge is -2.20. The van der Waals surface area contributed by atoms with Crippen molar-refractivity contribution in [3.63, 3.8) is 0 Å². The van der Waals surface area contributed by atoms with E-state index in [2.05, 4.69) is 17.4 Å². The number of fused-ring (bicyclic) bond motifs is 1. The third-order valence-electron chi connectivity index (χ3n) is 4.89. The van der Waals surface area contributed by atoms with Crippen molar-refractivity contribution >= 4 is 5.91 Å². The molecule has 0 saturated heterocycles. The number of ether oxygens (including phenoxy) is 1. The van der Waals surface area contributed by atoms with Gasteiger partial charge in [0.2, 0.25) is 0 Å². The molecule has 4 heteroatoms. The Bertz CT molecular complexity index is 742. The maximum Gasteiger partial charge on any atom is 0.261 e. The number of halogens is 1. The summed E-state index contributed by atoms with van der Waals surface area (Å²) in [5.74, 6) is 0.417. The third-order valence-corrected chi connectivity index (χ3v) is 4.89. The minimum atomic E-state index is -0.496. The van der Waals surface area contributed by atoms with Crippen molar-refractivity contribution < 1.29 is 13.9 Å². The molecule has 1 atom stereocenters. The van der Waals surface area contributed by atoms with E-state index in [1.807, 2.05) is 13.0 Å². The molecule has 1 aliphatic carbocycles. The van der Waals surface area contributed by atoms with Crippen molar-refractivity contribution in [2.75, 3.05) is 6.54 Å². The van der Waals surface area contributed by atoms with Crippen LogP contribution in [0.5, 0.6) is 5.75 Å². The average Bonchev–Trinajstić information content (AvgIpc) is 2.67. The van der Waals surface area contributed by atoms with Gasteiger partial charge in [-0.05, 0) is 79.5 Å². The van der Waals surface area contributed by atoms with Crippen LogP contribution in [-0.2, 0) is 24.1 Å². The summed E-state index contributed by atoms with van der Waals surface area (Å²) in [7, 11) is 0. The lowest BCUT2D eigenvalue weighted by atomic mass is 9.92. The Labute approximate surface area is 154 Å². The molecule has 138 valence electrons. The molecule has 0 spiro atoms. The molecule has 0 aliphatic heterocycles. The first-order valence-electron chi connectivity index (χ1n) is 9.46. The molecule has 1 N–H and O–H groups in total. The maximum atomic E-state index is 12.9. The zero-order valence-corrected chi connectivity index (χ0v) is 15.3. The van der Waals surface area contributed by atoms with Gasteiger partial charge in [0.15, 0.2) is 6.10 Å². The molecule has 3 nitrogen and oxygen atoms in total. The van der Waals surface area contributed by atoms with Crippen LogP contribution in [0.4, 0.5) is 4.39 Å². The number of aryl methyl sites for hydroxylation is 2. The monoisotopic (exact) mass is 355 g/mol. The molecule has 1 amide bonds. The molecule has 0 heterocycles. The quantitative estimate of drug-likeness (QED) is 0.807. The van der Waals surface area contributed by atoms with Crippen molar-refractivity contribution in [2.45, 2.75) is 51.6 Å². The summed E-state index contributed by atoms with van der Waals surface area (Å²) < 4.78 is 18.9. The fourth-order valence-electron chi connectivity index (χ4n) is 3.36. The van der Waals surface area contributed by atoms with Gasteiger partial charge in [-0.3, -0.25) is 4.79 Å². The van der Waals surface area contributed by atoms with Crippen LogP contribution in [0.15, 0.2) is 42.5 Å². The molecule has 0 radical (unpaired) electrons. The predicted octanol–water partition coefficient (Wildman–Crippen LogP) is 4.22.